The number of rotatable bonds is 2. The summed E-state index contributed by atoms with van der Waals surface area (Å²) in [4.78, 5) is 0. The predicted molar refractivity (Wildman–Crippen MR) is 64.4 cm³/mol. The van der Waals surface area contributed by atoms with Gasteiger partial charge in [0.1, 0.15) is 17.7 Å². The molecule has 0 saturated carbocycles. The molecule has 0 bridgehead atoms. The molecule has 0 heterocycles. The van der Waals surface area contributed by atoms with E-state index in [4.69, 9.17) is 45.3 Å². The van der Waals surface area contributed by atoms with Gasteiger partial charge in [-0.25, -0.2) is 0 Å². The summed E-state index contributed by atoms with van der Waals surface area (Å²) in [6.45, 7) is 0. The van der Waals surface area contributed by atoms with Gasteiger partial charge in [0.15, 0.2) is 0 Å². The molecule has 0 saturated heterocycles. The summed E-state index contributed by atoms with van der Waals surface area (Å²) < 4.78 is 0. The third kappa shape index (κ3) is 3.05. The lowest BCUT2D eigenvalue weighted by Crippen LogP contribution is -1.92. The van der Waals surface area contributed by atoms with E-state index in [-0.39, 0.29) is 5.57 Å². The summed E-state index contributed by atoms with van der Waals surface area (Å²) in [5.41, 5.74) is 0.317. The van der Waals surface area contributed by atoms with Crippen LogP contribution in [-0.4, -0.2) is 0 Å². The highest BCUT2D eigenvalue weighted by Crippen LogP contribution is 2.33. The molecule has 6 heteroatoms. The molecule has 0 spiro atoms. The maximum atomic E-state index is 8.52. The van der Waals surface area contributed by atoms with Gasteiger partial charge in [0.25, 0.3) is 0 Å². The first kappa shape index (κ1) is 12.7. The van der Waals surface area contributed by atoms with Crippen LogP contribution in [0.4, 0.5) is 5.69 Å². The first-order chi connectivity index (χ1) is 7.58. The van der Waals surface area contributed by atoms with Gasteiger partial charge in [-0.3, -0.25) is 0 Å². The summed E-state index contributed by atoms with van der Waals surface area (Å²) in [6.07, 6.45) is 1.22. The molecule has 0 unspecified atom stereocenters. The van der Waals surface area contributed by atoms with Gasteiger partial charge in [-0.1, -0.05) is 34.8 Å². The second kappa shape index (κ2) is 5.63. The Morgan fingerprint density at radius 3 is 2.06 bits per heavy atom. The van der Waals surface area contributed by atoms with Crippen molar-refractivity contribution in [2.45, 2.75) is 0 Å². The molecule has 0 amide bonds. The number of anilines is 1. The van der Waals surface area contributed by atoms with Crippen molar-refractivity contribution in [2.75, 3.05) is 5.32 Å². The second-order valence-corrected chi connectivity index (χ2v) is 3.92. The van der Waals surface area contributed by atoms with Crippen LogP contribution in [0, 0.1) is 22.7 Å². The van der Waals surface area contributed by atoms with Crippen molar-refractivity contribution in [1.82, 2.24) is 0 Å². The van der Waals surface area contributed by atoms with Crippen molar-refractivity contribution >= 4 is 40.5 Å². The van der Waals surface area contributed by atoms with E-state index in [1.54, 1.807) is 12.1 Å². The molecule has 0 aliphatic carbocycles. The van der Waals surface area contributed by atoms with Gasteiger partial charge < -0.3 is 5.32 Å². The quantitative estimate of drug-likeness (QED) is 0.828. The van der Waals surface area contributed by atoms with E-state index in [1.165, 1.54) is 18.3 Å². The SMILES string of the molecule is N#CC(C#N)=CNc1c(Cl)cc(Cl)cc1Cl. The molecule has 0 aliphatic heterocycles. The maximum Gasteiger partial charge on any atom is 0.145 e. The second-order valence-electron chi connectivity index (χ2n) is 2.67. The molecule has 1 aromatic rings. The molecular formula is C10H4Cl3N3. The van der Waals surface area contributed by atoms with Crippen LogP contribution >= 0.6 is 34.8 Å². The molecule has 16 heavy (non-hydrogen) atoms. The Bertz CT molecular complexity index is 484. The molecular weight excluding hydrogens is 268 g/mol. The van der Waals surface area contributed by atoms with Gasteiger partial charge in [-0.15, -0.1) is 0 Å². The fourth-order valence-corrected chi connectivity index (χ4v) is 1.84. The standard InChI is InChI=1S/C10H4Cl3N3/c11-7-1-8(12)10(9(13)2-7)16-5-6(3-14)4-15/h1-2,5,16H. The number of allylic oxidation sites excluding steroid dienone is 1. The van der Waals surface area contributed by atoms with Gasteiger partial charge in [0, 0.05) is 11.2 Å². The van der Waals surface area contributed by atoms with Gasteiger partial charge in [-0.2, -0.15) is 10.5 Å². The first-order valence-electron chi connectivity index (χ1n) is 4.00. The third-order valence-corrected chi connectivity index (χ3v) is 2.42. The monoisotopic (exact) mass is 271 g/mol. The van der Waals surface area contributed by atoms with E-state index in [1.807, 2.05) is 0 Å². The van der Waals surface area contributed by atoms with Crippen molar-refractivity contribution in [3.05, 3.63) is 39.0 Å². The highest BCUT2D eigenvalue weighted by atomic mass is 35.5. The summed E-state index contributed by atoms with van der Waals surface area (Å²) in [6, 6.07) is 6.40. The largest absolute Gasteiger partial charge is 0.357 e. The lowest BCUT2D eigenvalue weighted by atomic mass is 10.3. The van der Waals surface area contributed by atoms with Crippen LogP contribution in [0.15, 0.2) is 23.9 Å². The summed E-state index contributed by atoms with van der Waals surface area (Å²) >= 11 is 17.5. The summed E-state index contributed by atoms with van der Waals surface area (Å²) in [5.74, 6) is 0. The Balaban J connectivity index is 3.05. The number of nitrogens with zero attached hydrogens (tertiary/aromatic N) is 2. The van der Waals surface area contributed by atoms with E-state index in [2.05, 4.69) is 5.32 Å². The van der Waals surface area contributed by atoms with Gasteiger partial charge in [0.05, 0.1) is 15.7 Å². The number of hydrogen-bond donors (Lipinski definition) is 1. The average Bonchev–Trinajstić information content (AvgIpc) is 2.22. The third-order valence-electron chi connectivity index (χ3n) is 1.61. The molecule has 0 radical (unpaired) electrons. The van der Waals surface area contributed by atoms with Crippen LogP contribution in [0.5, 0.6) is 0 Å². The maximum absolute atomic E-state index is 8.52. The highest BCUT2D eigenvalue weighted by Gasteiger charge is 2.06. The molecule has 0 aromatic heterocycles. The number of hydrogen-bond acceptors (Lipinski definition) is 3. The molecule has 80 valence electrons. The van der Waals surface area contributed by atoms with E-state index in [0.717, 1.165) is 0 Å². The fourth-order valence-electron chi connectivity index (χ4n) is 0.914. The van der Waals surface area contributed by atoms with Gasteiger partial charge in [0.2, 0.25) is 0 Å². The smallest absolute Gasteiger partial charge is 0.145 e. The zero-order valence-corrected chi connectivity index (χ0v) is 10.0. The minimum Gasteiger partial charge on any atom is -0.357 e. The van der Waals surface area contributed by atoms with Crippen LogP contribution in [-0.2, 0) is 0 Å². The number of nitrogens with one attached hydrogen (secondary N) is 1. The predicted octanol–water partition coefficient (Wildman–Crippen LogP) is 3.99. The molecule has 1 rings (SSSR count). The lowest BCUT2D eigenvalue weighted by molar-refractivity contribution is 1.44. The minimum atomic E-state index is -0.0814. The Labute approximate surface area is 107 Å². The van der Waals surface area contributed by atoms with Crippen LogP contribution in [0.25, 0.3) is 0 Å². The summed E-state index contributed by atoms with van der Waals surface area (Å²) in [7, 11) is 0. The molecule has 3 nitrogen and oxygen atoms in total. The van der Waals surface area contributed by atoms with Gasteiger partial charge in [-0.05, 0) is 12.1 Å². The zero-order valence-electron chi connectivity index (χ0n) is 7.76. The van der Waals surface area contributed by atoms with Crippen LogP contribution < -0.4 is 5.32 Å². The number of halogens is 3. The van der Waals surface area contributed by atoms with Gasteiger partial charge >= 0.3 is 0 Å². The molecule has 0 aliphatic rings. The van der Waals surface area contributed by atoms with Crippen LogP contribution in [0.3, 0.4) is 0 Å². The summed E-state index contributed by atoms with van der Waals surface area (Å²) in [5, 5.41) is 20.7. The Morgan fingerprint density at radius 2 is 1.62 bits per heavy atom. The fraction of sp³-hybridized carbons (Fsp3) is 0. The van der Waals surface area contributed by atoms with Crippen LogP contribution in [0.1, 0.15) is 0 Å². The first-order valence-corrected chi connectivity index (χ1v) is 5.13. The van der Waals surface area contributed by atoms with E-state index >= 15 is 0 Å². The van der Waals surface area contributed by atoms with Crippen molar-refractivity contribution in [2.24, 2.45) is 0 Å². The van der Waals surface area contributed by atoms with Crippen molar-refractivity contribution in [3.63, 3.8) is 0 Å². The van der Waals surface area contributed by atoms with E-state index < -0.39 is 0 Å². The Kier molecular flexibility index (Phi) is 4.46. The van der Waals surface area contributed by atoms with E-state index in [0.29, 0.717) is 20.8 Å². The molecule has 0 atom stereocenters. The van der Waals surface area contributed by atoms with Crippen LogP contribution in [0.2, 0.25) is 15.1 Å². The molecule has 0 fully saturated rings. The minimum absolute atomic E-state index is 0.0814. The number of benzene rings is 1. The lowest BCUT2D eigenvalue weighted by Gasteiger charge is -2.06. The number of nitriles is 2. The highest BCUT2D eigenvalue weighted by molar-refractivity contribution is 6.41. The van der Waals surface area contributed by atoms with Crippen molar-refractivity contribution < 1.29 is 0 Å². The average molecular weight is 273 g/mol. The molecule has 1 aromatic carbocycles. The topological polar surface area (TPSA) is 59.6 Å². The van der Waals surface area contributed by atoms with E-state index in [9.17, 15) is 0 Å². The van der Waals surface area contributed by atoms with Crippen molar-refractivity contribution in [1.29, 1.82) is 10.5 Å². The molecule has 1 N–H and O–H groups in total. The zero-order chi connectivity index (χ0) is 12.1. The van der Waals surface area contributed by atoms with Crippen molar-refractivity contribution in [3.8, 4) is 12.1 Å². The Morgan fingerprint density at radius 1 is 1.12 bits per heavy atom. The Hall–Kier alpha value is -1.39. The normalized spacial score (nSPS) is 8.81.